The van der Waals surface area contributed by atoms with Crippen molar-refractivity contribution in [3.05, 3.63) is 0 Å². The largest absolute Gasteiger partial charge is 0.393 e. The molecule has 0 aliphatic carbocycles. The van der Waals surface area contributed by atoms with Crippen molar-refractivity contribution in [1.29, 1.82) is 0 Å². The summed E-state index contributed by atoms with van der Waals surface area (Å²) < 4.78 is 22.1. The zero-order valence-electron chi connectivity index (χ0n) is 7.36. The molecule has 1 saturated heterocycles. The van der Waals surface area contributed by atoms with Crippen LogP contribution in [0.4, 0.5) is 0 Å². The molecule has 1 aliphatic rings. The molecule has 1 fully saturated rings. The average Bonchev–Trinajstić information content (AvgIpc) is 2.03. The quantitative estimate of drug-likeness (QED) is 0.696. The molecule has 0 bridgehead atoms. The van der Waals surface area contributed by atoms with E-state index in [1.807, 2.05) is 6.92 Å². The predicted octanol–water partition coefficient (Wildman–Crippen LogP) is 0.582. The van der Waals surface area contributed by atoms with Crippen molar-refractivity contribution < 1.29 is 13.5 Å². The second kappa shape index (κ2) is 3.75. The Balaban J connectivity index is 2.46. The van der Waals surface area contributed by atoms with Gasteiger partial charge in [-0.1, -0.05) is 6.92 Å². The van der Waals surface area contributed by atoms with E-state index < -0.39 is 9.84 Å². The first-order chi connectivity index (χ1) is 5.55. The summed E-state index contributed by atoms with van der Waals surface area (Å²) in [7, 11) is -2.77. The van der Waals surface area contributed by atoms with Gasteiger partial charge in [-0.2, -0.15) is 0 Å². The van der Waals surface area contributed by atoms with Crippen LogP contribution in [0.1, 0.15) is 26.2 Å². The number of aliphatic hydroxyl groups excluding tert-OH is 1. The van der Waals surface area contributed by atoms with Gasteiger partial charge in [0.1, 0.15) is 9.84 Å². The maximum absolute atomic E-state index is 11.0. The topological polar surface area (TPSA) is 54.4 Å². The molecule has 0 amide bonds. The summed E-state index contributed by atoms with van der Waals surface area (Å²) in [5.41, 5.74) is 0. The molecule has 0 saturated carbocycles. The normalized spacial score (nSPS) is 26.8. The van der Waals surface area contributed by atoms with E-state index in [0.717, 1.165) is 6.42 Å². The monoisotopic (exact) mass is 192 g/mol. The Morgan fingerprint density at radius 3 is 2.33 bits per heavy atom. The van der Waals surface area contributed by atoms with Crippen LogP contribution in [0, 0.1) is 5.92 Å². The Morgan fingerprint density at radius 2 is 1.92 bits per heavy atom. The van der Waals surface area contributed by atoms with Crippen LogP contribution in [0.15, 0.2) is 0 Å². The summed E-state index contributed by atoms with van der Waals surface area (Å²) >= 11 is 0. The van der Waals surface area contributed by atoms with Crippen molar-refractivity contribution in [3.8, 4) is 0 Å². The summed E-state index contributed by atoms with van der Waals surface area (Å²) in [6.45, 7) is 1.92. The van der Waals surface area contributed by atoms with Gasteiger partial charge in [-0.15, -0.1) is 0 Å². The second-order valence-electron chi connectivity index (χ2n) is 3.46. The van der Waals surface area contributed by atoms with Gasteiger partial charge in [0.05, 0.1) is 17.6 Å². The third-order valence-corrected chi connectivity index (χ3v) is 4.28. The Morgan fingerprint density at radius 1 is 1.42 bits per heavy atom. The fourth-order valence-electron chi connectivity index (χ4n) is 1.63. The summed E-state index contributed by atoms with van der Waals surface area (Å²) in [6, 6.07) is 0. The van der Waals surface area contributed by atoms with Crippen LogP contribution in [0.3, 0.4) is 0 Å². The minimum absolute atomic E-state index is 0.207. The smallest absolute Gasteiger partial charge is 0.150 e. The van der Waals surface area contributed by atoms with E-state index in [9.17, 15) is 13.5 Å². The highest BCUT2D eigenvalue weighted by Crippen LogP contribution is 2.23. The van der Waals surface area contributed by atoms with Gasteiger partial charge in [-0.3, -0.25) is 0 Å². The fourth-order valence-corrected chi connectivity index (χ4v) is 3.15. The highest BCUT2D eigenvalue weighted by molar-refractivity contribution is 7.91. The van der Waals surface area contributed by atoms with Crippen molar-refractivity contribution in [3.63, 3.8) is 0 Å². The molecule has 1 N–H and O–H groups in total. The van der Waals surface area contributed by atoms with Crippen molar-refractivity contribution in [2.75, 3.05) is 11.5 Å². The van der Waals surface area contributed by atoms with Crippen molar-refractivity contribution in [2.45, 2.75) is 32.3 Å². The van der Waals surface area contributed by atoms with Gasteiger partial charge in [0, 0.05) is 0 Å². The molecule has 1 atom stereocenters. The molecule has 1 rings (SSSR count). The predicted molar refractivity (Wildman–Crippen MR) is 47.7 cm³/mol. The fraction of sp³-hybridized carbons (Fsp3) is 1.00. The molecule has 0 aromatic heterocycles. The molecule has 3 nitrogen and oxygen atoms in total. The van der Waals surface area contributed by atoms with Crippen LogP contribution in [0.5, 0.6) is 0 Å². The minimum atomic E-state index is -2.77. The maximum atomic E-state index is 11.0. The molecular weight excluding hydrogens is 176 g/mol. The molecular formula is C8H16O3S. The average molecular weight is 192 g/mol. The lowest BCUT2D eigenvalue weighted by molar-refractivity contribution is 0.0978. The van der Waals surface area contributed by atoms with E-state index >= 15 is 0 Å². The third-order valence-electron chi connectivity index (χ3n) is 2.56. The lowest BCUT2D eigenvalue weighted by atomic mass is 9.94. The van der Waals surface area contributed by atoms with Gasteiger partial charge in [0.2, 0.25) is 0 Å². The van der Waals surface area contributed by atoms with Gasteiger partial charge in [-0.05, 0) is 25.2 Å². The lowest BCUT2D eigenvalue weighted by Crippen LogP contribution is -2.30. The number of rotatable bonds is 2. The van der Waals surface area contributed by atoms with E-state index in [4.69, 9.17) is 0 Å². The van der Waals surface area contributed by atoms with Crippen LogP contribution >= 0.6 is 0 Å². The van der Waals surface area contributed by atoms with Gasteiger partial charge in [-0.25, -0.2) is 8.42 Å². The van der Waals surface area contributed by atoms with Crippen LogP contribution in [-0.2, 0) is 9.84 Å². The van der Waals surface area contributed by atoms with Crippen LogP contribution < -0.4 is 0 Å². The van der Waals surface area contributed by atoms with Crippen LogP contribution in [-0.4, -0.2) is 31.1 Å². The van der Waals surface area contributed by atoms with Gasteiger partial charge in [0.25, 0.3) is 0 Å². The molecule has 1 heterocycles. The molecule has 72 valence electrons. The Bertz CT molecular complexity index is 219. The van der Waals surface area contributed by atoms with Crippen molar-refractivity contribution >= 4 is 9.84 Å². The van der Waals surface area contributed by atoms with Gasteiger partial charge < -0.3 is 5.11 Å². The summed E-state index contributed by atoms with van der Waals surface area (Å²) in [6.07, 6.45) is 1.69. The number of hydrogen-bond donors (Lipinski definition) is 1. The van der Waals surface area contributed by atoms with E-state index in [-0.39, 0.29) is 23.5 Å². The van der Waals surface area contributed by atoms with E-state index in [2.05, 4.69) is 0 Å². The molecule has 12 heavy (non-hydrogen) atoms. The standard InChI is InChI=1S/C8H16O3S/c1-2-8(9)7-3-5-12(10,11)6-4-7/h7-9H,2-6H2,1H3. The summed E-state index contributed by atoms with van der Waals surface area (Å²) in [4.78, 5) is 0. The molecule has 0 radical (unpaired) electrons. The molecule has 0 aromatic carbocycles. The Hall–Kier alpha value is -0.0900. The van der Waals surface area contributed by atoms with E-state index in [1.165, 1.54) is 0 Å². The number of hydrogen-bond acceptors (Lipinski definition) is 3. The van der Waals surface area contributed by atoms with Crippen molar-refractivity contribution in [2.24, 2.45) is 5.92 Å². The Labute approximate surface area is 73.7 Å². The molecule has 1 unspecified atom stereocenters. The lowest BCUT2D eigenvalue weighted by Gasteiger charge is -2.25. The Kier molecular flexibility index (Phi) is 3.12. The maximum Gasteiger partial charge on any atom is 0.150 e. The minimum Gasteiger partial charge on any atom is -0.393 e. The first-order valence-corrected chi connectivity index (χ1v) is 6.26. The molecule has 0 spiro atoms. The van der Waals surface area contributed by atoms with Crippen LogP contribution in [0.25, 0.3) is 0 Å². The number of sulfone groups is 1. The van der Waals surface area contributed by atoms with E-state index in [1.54, 1.807) is 0 Å². The van der Waals surface area contributed by atoms with Gasteiger partial charge in [0.15, 0.2) is 0 Å². The first kappa shape index (κ1) is 9.99. The first-order valence-electron chi connectivity index (χ1n) is 4.43. The van der Waals surface area contributed by atoms with Gasteiger partial charge >= 0.3 is 0 Å². The highest BCUT2D eigenvalue weighted by Gasteiger charge is 2.27. The van der Waals surface area contributed by atoms with Crippen molar-refractivity contribution in [1.82, 2.24) is 0 Å². The SMILES string of the molecule is CCC(O)C1CCS(=O)(=O)CC1. The number of aliphatic hydroxyl groups is 1. The zero-order chi connectivity index (χ0) is 9.19. The molecule has 1 aliphatic heterocycles. The molecule has 0 aromatic rings. The highest BCUT2D eigenvalue weighted by atomic mass is 32.2. The van der Waals surface area contributed by atoms with E-state index in [0.29, 0.717) is 12.8 Å². The summed E-state index contributed by atoms with van der Waals surface area (Å²) in [5.74, 6) is 0.724. The zero-order valence-corrected chi connectivity index (χ0v) is 8.18. The second-order valence-corrected chi connectivity index (χ2v) is 5.77. The summed E-state index contributed by atoms with van der Waals surface area (Å²) in [5, 5.41) is 9.46. The third kappa shape index (κ3) is 2.45. The van der Waals surface area contributed by atoms with Crippen LogP contribution in [0.2, 0.25) is 0 Å². The molecule has 4 heteroatoms.